The normalized spacial score (nSPS) is 16.7. The van der Waals surface area contributed by atoms with Gasteiger partial charge in [-0.25, -0.2) is 14.8 Å². The lowest BCUT2D eigenvalue weighted by Gasteiger charge is -2.35. The molecule has 1 aliphatic heterocycles. The Morgan fingerprint density at radius 2 is 2.00 bits per heavy atom. The smallest absolute Gasteiger partial charge is 0.337 e. The molecule has 7 heteroatoms. The van der Waals surface area contributed by atoms with Gasteiger partial charge in [0.1, 0.15) is 5.69 Å². The van der Waals surface area contributed by atoms with Crippen molar-refractivity contribution in [3.05, 3.63) is 47.8 Å². The van der Waals surface area contributed by atoms with Crippen molar-refractivity contribution in [1.82, 2.24) is 9.97 Å². The summed E-state index contributed by atoms with van der Waals surface area (Å²) in [5.74, 6) is -0.120. The molecule has 1 aromatic carbocycles. The molecular formula is C20H24N4O3. The van der Waals surface area contributed by atoms with Gasteiger partial charge in [0.05, 0.1) is 12.7 Å². The van der Waals surface area contributed by atoms with Crippen molar-refractivity contribution in [3.63, 3.8) is 0 Å². The molecule has 0 radical (unpaired) electrons. The summed E-state index contributed by atoms with van der Waals surface area (Å²) in [7, 11) is 1.33. The molecule has 2 heterocycles. The van der Waals surface area contributed by atoms with Crippen LogP contribution in [-0.2, 0) is 4.74 Å². The summed E-state index contributed by atoms with van der Waals surface area (Å²) in [4.78, 5) is 35.1. The summed E-state index contributed by atoms with van der Waals surface area (Å²) in [6, 6.07) is 8.54. The highest BCUT2D eigenvalue weighted by Crippen LogP contribution is 2.23. The van der Waals surface area contributed by atoms with E-state index in [9.17, 15) is 9.59 Å². The number of carbonyl (C=O) groups is 2. The van der Waals surface area contributed by atoms with E-state index in [1.54, 1.807) is 36.5 Å². The summed E-state index contributed by atoms with van der Waals surface area (Å²) >= 11 is 0. The minimum atomic E-state index is -0.416. The monoisotopic (exact) mass is 368 g/mol. The quantitative estimate of drug-likeness (QED) is 0.815. The first kappa shape index (κ1) is 18.8. The van der Waals surface area contributed by atoms with E-state index in [4.69, 9.17) is 0 Å². The SMILES string of the molecule is CCC1CCCCN1c1nccc(C(=O)Nc2ccc(C(=O)OC)cc2)n1. The van der Waals surface area contributed by atoms with Gasteiger partial charge in [-0.15, -0.1) is 0 Å². The van der Waals surface area contributed by atoms with E-state index in [1.165, 1.54) is 13.5 Å². The van der Waals surface area contributed by atoms with Gasteiger partial charge in [0.15, 0.2) is 0 Å². The Bertz CT molecular complexity index is 807. The van der Waals surface area contributed by atoms with Gasteiger partial charge in [0.25, 0.3) is 5.91 Å². The number of ether oxygens (including phenoxy) is 1. The molecule has 2 aromatic rings. The van der Waals surface area contributed by atoms with E-state index in [0.717, 1.165) is 25.8 Å². The third-order valence-corrected chi connectivity index (χ3v) is 4.79. The molecule has 0 aliphatic carbocycles. The van der Waals surface area contributed by atoms with Gasteiger partial charge in [0, 0.05) is 24.5 Å². The Hall–Kier alpha value is -2.96. The van der Waals surface area contributed by atoms with Crippen LogP contribution in [0.4, 0.5) is 11.6 Å². The maximum Gasteiger partial charge on any atom is 0.337 e. The summed E-state index contributed by atoms with van der Waals surface area (Å²) in [6.07, 6.45) is 6.12. The largest absolute Gasteiger partial charge is 0.465 e. The predicted molar refractivity (Wildman–Crippen MR) is 103 cm³/mol. The molecule has 142 valence electrons. The number of aromatic nitrogens is 2. The molecule has 1 aliphatic rings. The molecule has 0 bridgehead atoms. The van der Waals surface area contributed by atoms with Gasteiger partial charge < -0.3 is 15.0 Å². The maximum absolute atomic E-state index is 12.6. The van der Waals surface area contributed by atoms with Crippen LogP contribution in [0.1, 0.15) is 53.5 Å². The first-order valence-corrected chi connectivity index (χ1v) is 9.21. The fraction of sp³-hybridized carbons (Fsp3) is 0.400. The Labute approximate surface area is 158 Å². The molecule has 1 atom stereocenters. The molecule has 0 saturated carbocycles. The highest BCUT2D eigenvalue weighted by atomic mass is 16.5. The third-order valence-electron chi connectivity index (χ3n) is 4.79. The minimum Gasteiger partial charge on any atom is -0.465 e. The Balaban J connectivity index is 1.72. The number of amides is 1. The van der Waals surface area contributed by atoms with E-state index in [2.05, 4.69) is 31.8 Å². The highest BCUT2D eigenvalue weighted by molar-refractivity contribution is 6.03. The number of piperidine rings is 1. The summed E-state index contributed by atoms with van der Waals surface area (Å²) in [5.41, 5.74) is 1.32. The zero-order valence-electron chi connectivity index (χ0n) is 15.6. The van der Waals surface area contributed by atoms with Gasteiger partial charge in [0.2, 0.25) is 5.95 Å². The van der Waals surface area contributed by atoms with Crippen molar-refractivity contribution < 1.29 is 14.3 Å². The first-order valence-electron chi connectivity index (χ1n) is 9.21. The maximum atomic E-state index is 12.6. The molecule has 7 nitrogen and oxygen atoms in total. The fourth-order valence-corrected chi connectivity index (χ4v) is 3.30. The average molecular weight is 368 g/mol. The molecule has 1 saturated heterocycles. The molecule has 1 unspecified atom stereocenters. The first-order chi connectivity index (χ1) is 13.1. The van der Waals surface area contributed by atoms with Gasteiger partial charge in [-0.1, -0.05) is 6.92 Å². The average Bonchev–Trinajstić information content (AvgIpc) is 2.73. The number of anilines is 2. The van der Waals surface area contributed by atoms with Crippen LogP contribution >= 0.6 is 0 Å². The minimum absolute atomic E-state index is 0.311. The number of nitrogens with one attached hydrogen (secondary N) is 1. The van der Waals surface area contributed by atoms with Gasteiger partial charge in [-0.05, 0) is 56.0 Å². The second kappa shape index (κ2) is 8.62. The van der Waals surface area contributed by atoms with Crippen LogP contribution < -0.4 is 10.2 Å². The predicted octanol–water partition coefficient (Wildman–Crippen LogP) is 3.28. The standard InChI is InChI=1S/C20H24N4O3/c1-3-16-6-4-5-13-24(16)20-21-12-11-17(23-20)18(25)22-15-9-7-14(8-10-15)19(26)27-2/h7-12,16H,3-6,13H2,1-2H3,(H,22,25). The number of benzene rings is 1. The highest BCUT2D eigenvalue weighted by Gasteiger charge is 2.23. The number of esters is 1. The number of rotatable bonds is 5. The summed E-state index contributed by atoms with van der Waals surface area (Å²) in [6.45, 7) is 3.08. The zero-order valence-corrected chi connectivity index (χ0v) is 15.6. The Kier molecular flexibility index (Phi) is 6.01. The number of nitrogens with zero attached hydrogens (tertiary/aromatic N) is 3. The molecule has 1 N–H and O–H groups in total. The van der Waals surface area contributed by atoms with Crippen molar-refractivity contribution in [2.24, 2.45) is 0 Å². The van der Waals surface area contributed by atoms with Crippen molar-refractivity contribution in [1.29, 1.82) is 0 Å². The second-order valence-corrected chi connectivity index (χ2v) is 6.52. The third kappa shape index (κ3) is 4.42. The van der Waals surface area contributed by atoms with Gasteiger partial charge >= 0.3 is 5.97 Å². The van der Waals surface area contributed by atoms with E-state index >= 15 is 0 Å². The lowest BCUT2D eigenvalue weighted by molar-refractivity contribution is 0.0600. The van der Waals surface area contributed by atoms with Crippen LogP contribution in [0, 0.1) is 0 Å². The van der Waals surface area contributed by atoms with Crippen molar-refractivity contribution in [2.45, 2.75) is 38.6 Å². The van der Waals surface area contributed by atoms with Crippen LogP contribution in [0.5, 0.6) is 0 Å². The van der Waals surface area contributed by atoms with E-state index < -0.39 is 5.97 Å². The molecule has 1 aromatic heterocycles. The van der Waals surface area contributed by atoms with Crippen molar-refractivity contribution in [2.75, 3.05) is 23.9 Å². The van der Waals surface area contributed by atoms with Crippen molar-refractivity contribution >= 4 is 23.5 Å². The van der Waals surface area contributed by atoms with Crippen LogP contribution in [0.3, 0.4) is 0 Å². The lowest BCUT2D eigenvalue weighted by Crippen LogP contribution is -2.40. The van der Waals surface area contributed by atoms with E-state index in [0.29, 0.717) is 28.9 Å². The van der Waals surface area contributed by atoms with Crippen LogP contribution in [0.2, 0.25) is 0 Å². The van der Waals surface area contributed by atoms with Gasteiger partial charge in [-0.2, -0.15) is 0 Å². The summed E-state index contributed by atoms with van der Waals surface area (Å²) < 4.78 is 4.67. The fourth-order valence-electron chi connectivity index (χ4n) is 3.30. The second-order valence-electron chi connectivity index (χ2n) is 6.52. The van der Waals surface area contributed by atoms with Crippen LogP contribution in [-0.4, -0.2) is 41.5 Å². The molecule has 1 fully saturated rings. The number of carbonyl (C=O) groups excluding carboxylic acids is 2. The topological polar surface area (TPSA) is 84.4 Å². The Morgan fingerprint density at radius 1 is 1.22 bits per heavy atom. The molecular weight excluding hydrogens is 344 g/mol. The van der Waals surface area contributed by atoms with E-state index in [1.807, 2.05) is 0 Å². The zero-order chi connectivity index (χ0) is 19.2. The van der Waals surface area contributed by atoms with Crippen LogP contribution in [0.25, 0.3) is 0 Å². The summed E-state index contributed by atoms with van der Waals surface area (Å²) in [5, 5.41) is 2.80. The Morgan fingerprint density at radius 3 is 2.70 bits per heavy atom. The van der Waals surface area contributed by atoms with Gasteiger partial charge in [-0.3, -0.25) is 4.79 Å². The number of hydrogen-bond donors (Lipinski definition) is 1. The number of hydrogen-bond acceptors (Lipinski definition) is 6. The molecule has 27 heavy (non-hydrogen) atoms. The molecule has 3 rings (SSSR count). The van der Waals surface area contributed by atoms with E-state index in [-0.39, 0.29) is 5.91 Å². The van der Waals surface area contributed by atoms with Crippen LogP contribution in [0.15, 0.2) is 36.5 Å². The molecule has 1 amide bonds. The van der Waals surface area contributed by atoms with Crippen molar-refractivity contribution in [3.8, 4) is 0 Å². The number of methoxy groups -OCH3 is 1. The lowest BCUT2D eigenvalue weighted by atomic mass is 10.0. The molecule has 0 spiro atoms.